The Morgan fingerprint density at radius 2 is 1.62 bits per heavy atom. The molecule has 1 aliphatic heterocycles. The average Bonchev–Trinajstić information content (AvgIpc) is 3.58. The number of carbonyl (C=O) groups excluding carboxylic acids is 1. The molecule has 8 nitrogen and oxygen atoms in total. The summed E-state index contributed by atoms with van der Waals surface area (Å²) < 4.78 is 34.5. The summed E-state index contributed by atoms with van der Waals surface area (Å²) in [6, 6.07) is 19.5. The minimum absolute atomic E-state index is 0.0288. The number of aromatic amines is 2. The Morgan fingerprint density at radius 1 is 0.952 bits per heavy atom. The summed E-state index contributed by atoms with van der Waals surface area (Å²) >= 11 is 12.7. The van der Waals surface area contributed by atoms with E-state index in [1.165, 1.54) is 0 Å². The van der Waals surface area contributed by atoms with Gasteiger partial charge in [-0.05, 0) is 41.5 Å². The number of rotatable bonds is 6. The maximum absolute atomic E-state index is 15.4. The van der Waals surface area contributed by atoms with Gasteiger partial charge in [0.1, 0.15) is 5.82 Å². The minimum atomic E-state index is -3.96. The third-order valence-electron chi connectivity index (χ3n) is 6.90. The van der Waals surface area contributed by atoms with Gasteiger partial charge in [0.05, 0.1) is 23.7 Å². The van der Waals surface area contributed by atoms with E-state index >= 15 is 8.78 Å². The number of nitrogens with zero attached hydrogens (tertiary/aromatic N) is 3. The highest BCUT2D eigenvalue weighted by Gasteiger charge is 2.48. The van der Waals surface area contributed by atoms with Gasteiger partial charge in [-0.15, -0.1) is 0 Å². The van der Waals surface area contributed by atoms with Gasteiger partial charge >= 0.3 is 16.7 Å². The van der Waals surface area contributed by atoms with Crippen LogP contribution in [0.3, 0.4) is 0 Å². The number of halogens is 4. The largest absolute Gasteiger partial charge is 0.333 e. The first-order chi connectivity index (χ1) is 20.1. The number of pyridine rings is 1. The number of hydrazone groups is 1. The molecule has 0 fully saturated rings. The molecule has 2 aromatic heterocycles. The molecule has 3 heterocycles. The molecule has 212 valence electrons. The normalized spacial score (nSPS) is 15.3. The van der Waals surface area contributed by atoms with E-state index in [1.807, 2.05) is 12.1 Å². The SMILES string of the molecule is O=C(N1N=C(c2c(-c3ccc(Cl)cc3)c3ccccc3[nH]c2=O)C[C@H]1c1ccc(Cl)cc1)C(F)(F)Cc1nsc(=O)[nH]1. The van der Waals surface area contributed by atoms with Gasteiger partial charge in [-0.3, -0.25) is 19.4 Å². The molecule has 2 N–H and O–H groups in total. The lowest BCUT2D eigenvalue weighted by molar-refractivity contribution is -0.159. The monoisotopic (exact) mass is 625 g/mol. The van der Waals surface area contributed by atoms with Crippen molar-refractivity contribution in [1.82, 2.24) is 19.4 Å². The summed E-state index contributed by atoms with van der Waals surface area (Å²) in [5.74, 6) is -5.88. The number of hydrogen-bond donors (Lipinski definition) is 2. The van der Waals surface area contributed by atoms with Crippen LogP contribution in [0.25, 0.3) is 22.0 Å². The molecule has 5 aromatic rings. The third kappa shape index (κ3) is 5.26. The number of hydrogen-bond acceptors (Lipinski definition) is 6. The Morgan fingerprint density at radius 3 is 2.29 bits per heavy atom. The smallest absolute Gasteiger partial charge is 0.321 e. The van der Waals surface area contributed by atoms with Gasteiger partial charge in [0.15, 0.2) is 0 Å². The molecule has 0 spiro atoms. The molecule has 1 atom stereocenters. The number of amides is 1. The summed E-state index contributed by atoms with van der Waals surface area (Å²) in [5, 5.41) is 6.70. The lowest BCUT2D eigenvalue weighted by atomic mass is 9.91. The summed E-state index contributed by atoms with van der Waals surface area (Å²) in [6.07, 6.45) is -1.15. The van der Waals surface area contributed by atoms with Gasteiger partial charge in [-0.2, -0.15) is 18.3 Å². The quantitative estimate of drug-likeness (QED) is 0.234. The Kier molecular flexibility index (Phi) is 7.25. The fourth-order valence-electron chi connectivity index (χ4n) is 5.02. The van der Waals surface area contributed by atoms with Gasteiger partial charge in [-0.1, -0.05) is 65.7 Å². The molecule has 6 rings (SSSR count). The number of fused-ring (bicyclic) bond motifs is 1. The van der Waals surface area contributed by atoms with Gasteiger partial charge in [0, 0.05) is 44.5 Å². The first kappa shape index (κ1) is 28.0. The molecular weight excluding hydrogens is 607 g/mol. The van der Waals surface area contributed by atoms with E-state index in [2.05, 4.69) is 19.4 Å². The zero-order valence-corrected chi connectivity index (χ0v) is 23.7. The van der Waals surface area contributed by atoms with Gasteiger partial charge in [-0.25, -0.2) is 5.01 Å². The fourth-order valence-corrected chi connectivity index (χ4v) is 5.74. The van der Waals surface area contributed by atoms with Gasteiger partial charge in [0.25, 0.3) is 5.56 Å². The van der Waals surface area contributed by atoms with E-state index in [9.17, 15) is 14.4 Å². The molecule has 13 heteroatoms. The second kappa shape index (κ2) is 10.9. The number of carbonyl (C=O) groups is 1. The van der Waals surface area contributed by atoms with Crippen LogP contribution in [0.2, 0.25) is 10.0 Å². The van der Waals surface area contributed by atoms with Crippen molar-refractivity contribution in [3.8, 4) is 11.1 Å². The van der Waals surface area contributed by atoms with Crippen LogP contribution in [0.4, 0.5) is 8.78 Å². The first-order valence-corrected chi connectivity index (χ1v) is 14.1. The second-order valence-corrected chi connectivity index (χ2v) is 11.3. The number of benzene rings is 3. The molecule has 0 bridgehead atoms. The lowest BCUT2D eigenvalue weighted by Crippen LogP contribution is -2.42. The van der Waals surface area contributed by atoms with Crippen molar-refractivity contribution in [2.45, 2.75) is 24.8 Å². The highest BCUT2D eigenvalue weighted by atomic mass is 35.5. The number of aromatic nitrogens is 3. The van der Waals surface area contributed by atoms with Gasteiger partial charge in [0.2, 0.25) is 0 Å². The fraction of sp³-hybridized carbons (Fsp3) is 0.138. The van der Waals surface area contributed by atoms with Crippen LogP contribution >= 0.6 is 34.7 Å². The Balaban J connectivity index is 1.51. The predicted octanol–water partition coefficient (Wildman–Crippen LogP) is 6.20. The molecule has 0 aliphatic carbocycles. The zero-order valence-electron chi connectivity index (χ0n) is 21.4. The summed E-state index contributed by atoms with van der Waals surface area (Å²) in [7, 11) is 0. The molecule has 0 unspecified atom stereocenters. The summed E-state index contributed by atoms with van der Waals surface area (Å²) in [6.45, 7) is 0. The first-order valence-electron chi connectivity index (χ1n) is 12.6. The number of nitrogens with one attached hydrogen (secondary N) is 2. The topological polar surface area (TPSA) is 111 Å². The molecule has 0 saturated carbocycles. The van der Waals surface area contributed by atoms with Crippen molar-refractivity contribution in [2.24, 2.45) is 5.10 Å². The van der Waals surface area contributed by atoms with E-state index in [-0.39, 0.29) is 23.5 Å². The standard InChI is InChI=1S/C29H19Cl2F2N5O3S/c30-17-9-5-15(6-10-17)22-13-21(36-38(22)27(40)29(32,33)14-23-35-28(41)42-37-23)25-24(16-7-11-18(31)12-8-16)19-3-1-2-4-20(19)34-26(25)39/h1-12,22H,13-14H2,(H,34,39)(H,35,37,41)/t22-/m0/s1. The summed E-state index contributed by atoms with van der Waals surface area (Å²) in [5.41, 5.74) is 2.06. The Hall–Kier alpha value is -4.19. The van der Waals surface area contributed by atoms with Crippen molar-refractivity contribution < 1.29 is 13.6 Å². The average molecular weight is 626 g/mol. The molecule has 3 aromatic carbocycles. The van der Waals surface area contributed by atoms with Crippen LogP contribution in [-0.2, 0) is 11.2 Å². The minimum Gasteiger partial charge on any atom is -0.321 e. The van der Waals surface area contributed by atoms with E-state index < -0.39 is 34.7 Å². The molecule has 42 heavy (non-hydrogen) atoms. The van der Waals surface area contributed by atoms with E-state index in [0.717, 1.165) is 0 Å². The van der Waals surface area contributed by atoms with E-state index in [1.54, 1.807) is 60.7 Å². The predicted molar refractivity (Wildman–Crippen MR) is 159 cm³/mol. The van der Waals surface area contributed by atoms with Crippen molar-refractivity contribution in [3.05, 3.63) is 120 Å². The maximum atomic E-state index is 15.4. The van der Waals surface area contributed by atoms with Gasteiger partial charge < -0.3 is 4.98 Å². The highest BCUT2D eigenvalue weighted by molar-refractivity contribution is 7.02. The van der Waals surface area contributed by atoms with Crippen molar-refractivity contribution in [3.63, 3.8) is 0 Å². The van der Waals surface area contributed by atoms with Crippen LogP contribution in [0.15, 0.2) is 87.5 Å². The van der Waals surface area contributed by atoms with Crippen LogP contribution in [0, 0.1) is 0 Å². The zero-order chi connectivity index (χ0) is 29.6. The highest BCUT2D eigenvalue weighted by Crippen LogP contribution is 2.39. The number of para-hydroxylation sites is 1. The molecular formula is C29H19Cl2F2N5O3S. The van der Waals surface area contributed by atoms with E-state index in [0.29, 0.717) is 54.2 Å². The van der Waals surface area contributed by atoms with E-state index in [4.69, 9.17) is 23.2 Å². The van der Waals surface area contributed by atoms with Crippen molar-refractivity contribution >= 4 is 57.3 Å². The molecule has 1 aliphatic rings. The van der Waals surface area contributed by atoms with Crippen LogP contribution < -0.4 is 10.4 Å². The third-order valence-corrected chi connectivity index (χ3v) is 7.99. The molecule has 0 saturated heterocycles. The van der Waals surface area contributed by atoms with Crippen LogP contribution in [-0.4, -0.2) is 36.9 Å². The molecule has 1 amide bonds. The van der Waals surface area contributed by atoms with Crippen molar-refractivity contribution in [1.29, 1.82) is 0 Å². The Labute approximate surface area is 250 Å². The lowest BCUT2D eigenvalue weighted by Gasteiger charge is -2.25. The summed E-state index contributed by atoms with van der Waals surface area (Å²) in [4.78, 5) is 42.9. The molecule has 0 radical (unpaired) electrons. The Bertz CT molecular complexity index is 1970. The maximum Gasteiger partial charge on any atom is 0.333 e. The van der Waals surface area contributed by atoms with Crippen molar-refractivity contribution in [2.75, 3.05) is 0 Å². The number of H-pyrrole nitrogens is 2. The number of alkyl halides is 2. The van der Waals surface area contributed by atoms with Crippen LogP contribution in [0.1, 0.15) is 29.4 Å². The van der Waals surface area contributed by atoms with Crippen LogP contribution in [0.5, 0.6) is 0 Å². The second-order valence-electron chi connectivity index (χ2n) is 9.65.